The summed E-state index contributed by atoms with van der Waals surface area (Å²) in [7, 11) is 1.47. The summed E-state index contributed by atoms with van der Waals surface area (Å²) in [6, 6.07) is 0.251. The summed E-state index contributed by atoms with van der Waals surface area (Å²) in [6.45, 7) is 15.9. The van der Waals surface area contributed by atoms with E-state index in [9.17, 15) is 4.79 Å². The minimum Gasteiger partial charge on any atom is -0.468 e. The number of hydrogen-bond donors (Lipinski definition) is 1. The molecule has 1 heterocycles. The Morgan fingerprint density at radius 3 is 2.14 bits per heavy atom. The van der Waals surface area contributed by atoms with Gasteiger partial charge in [-0.1, -0.05) is 20.8 Å². The van der Waals surface area contributed by atoms with Crippen LogP contribution in [0.3, 0.4) is 0 Å². The number of rotatable bonds is 5. The summed E-state index contributed by atoms with van der Waals surface area (Å²) in [6.07, 6.45) is 2.42. The van der Waals surface area contributed by atoms with Gasteiger partial charge in [-0.3, -0.25) is 10.1 Å². The van der Waals surface area contributed by atoms with Crippen molar-refractivity contribution in [2.24, 2.45) is 11.3 Å². The molecule has 1 aliphatic heterocycles. The summed E-state index contributed by atoms with van der Waals surface area (Å²) in [5, 5.41) is 3.38. The van der Waals surface area contributed by atoms with Crippen LogP contribution < -0.4 is 5.32 Å². The number of likely N-dealkylation sites (tertiary alicyclic amines) is 1. The van der Waals surface area contributed by atoms with Crippen LogP contribution in [0.25, 0.3) is 0 Å². The molecule has 1 unspecified atom stereocenters. The van der Waals surface area contributed by atoms with Gasteiger partial charge in [-0.25, -0.2) is 0 Å². The van der Waals surface area contributed by atoms with Gasteiger partial charge in [-0.15, -0.1) is 0 Å². The van der Waals surface area contributed by atoms with Crippen molar-refractivity contribution in [3.05, 3.63) is 0 Å². The largest absolute Gasteiger partial charge is 0.468 e. The van der Waals surface area contributed by atoms with Gasteiger partial charge in [0.1, 0.15) is 5.54 Å². The van der Waals surface area contributed by atoms with E-state index in [4.69, 9.17) is 4.74 Å². The number of nitrogens with one attached hydrogen (secondary N) is 1. The second kappa shape index (κ2) is 7.10. The third kappa shape index (κ3) is 5.26. The molecule has 1 N–H and O–H groups in total. The quantitative estimate of drug-likeness (QED) is 0.792. The number of esters is 1. The molecule has 0 saturated carbocycles. The third-order valence-electron chi connectivity index (χ3n) is 4.60. The zero-order valence-corrected chi connectivity index (χ0v) is 15.0. The monoisotopic (exact) mass is 298 g/mol. The van der Waals surface area contributed by atoms with Crippen molar-refractivity contribution in [1.29, 1.82) is 0 Å². The van der Waals surface area contributed by atoms with Gasteiger partial charge in [0.25, 0.3) is 0 Å². The van der Waals surface area contributed by atoms with E-state index in [1.807, 2.05) is 6.92 Å². The fraction of sp³-hybridized carbons (Fsp3) is 0.941. The highest BCUT2D eigenvalue weighted by Gasteiger charge is 2.38. The van der Waals surface area contributed by atoms with Crippen LogP contribution in [0.4, 0.5) is 0 Å². The minimum absolute atomic E-state index is 0.172. The summed E-state index contributed by atoms with van der Waals surface area (Å²) >= 11 is 0. The Labute approximate surface area is 130 Å². The van der Waals surface area contributed by atoms with Crippen molar-refractivity contribution in [3.63, 3.8) is 0 Å². The zero-order chi connectivity index (χ0) is 16.3. The molecule has 0 bridgehead atoms. The maximum atomic E-state index is 12.2. The highest BCUT2D eigenvalue weighted by atomic mass is 16.5. The molecule has 0 amide bonds. The van der Waals surface area contributed by atoms with Crippen LogP contribution in [0.1, 0.15) is 54.4 Å². The topological polar surface area (TPSA) is 41.6 Å². The fourth-order valence-electron chi connectivity index (χ4n) is 3.44. The lowest BCUT2D eigenvalue weighted by molar-refractivity contribution is -0.149. The van der Waals surface area contributed by atoms with Gasteiger partial charge < -0.3 is 9.64 Å². The van der Waals surface area contributed by atoms with E-state index in [1.54, 1.807) is 0 Å². The SMILES string of the molecule is COC(=O)C(C)(CN1CCC(C(C)(C)C)CC1)NC(C)C. The van der Waals surface area contributed by atoms with Gasteiger partial charge in [0.15, 0.2) is 0 Å². The van der Waals surface area contributed by atoms with Crippen LogP contribution in [0.2, 0.25) is 0 Å². The van der Waals surface area contributed by atoms with E-state index in [0.717, 1.165) is 19.0 Å². The lowest BCUT2D eigenvalue weighted by Gasteiger charge is -2.42. The predicted octanol–water partition coefficient (Wildman–Crippen LogP) is 2.67. The van der Waals surface area contributed by atoms with Gasteiger partial charge >= 0.3 is 5.97 Å². The summed E-state index contributed by atoms with van der Waals surface area (Å²) in [5.74, 6) is 0.602. The van der Waals surface area contributed by atoms with Crippen LogP contribution in [0, 0.1) is 11.3 Å². The molecule has 4 heteroatoms. The number of nitrogens with zero attached hydrogens (tertiary/aromatic N) is 1. The molecule has 4 nitrogen and oxygen atoms in total. The van der Waals surface area contributed by atoms with Crippen LogP contribution in [0.5, 0.6) is 0 Å². The standard InChI is InChI=1S/C17H34N2O2/c1-13(2)18-17(6,15(20)21-7)12-19-10-8-14(9-11-19)16(3,4)5/h13-14,18H,8-12H2,1-7H3. The smallest absolute Gasteiger partial charge is 0.327 e. The number of methoxy groups -OCH3 is 1. The van der Waals surface area contributed by atoms with E-state index in [-0.39, 0.29) is 12.0 Å². The Morgan fingerprint density at radius 1 is 1.24 bits per heavy atom. The first-order valence-electron chi connectivity index (χ1n) is 8.17. The molecule has 0 aromatic heterocycles. The average Bonchev–Trinajstić information content (AvgIpc) is 2.36. The Hall–Kier alpha value is -0.610. The Balaban J connectivity index is 2.64. The third-order valence-corrected chi connectivity index (χ3v) is 4.60. The molecule has 0 aromatic rings. The van der Waals surface area contributed by atoms with Crippen molar-refractivity contribution < 1.29 is 9.53 Å². The number of carbonyl (C=O) groups is 1. The molecule has 0 aromatic carbocycles. The Kier molecular flexibility index (Phi) is 6.23. The van der Waals surface area contributed by atoms with Crippen LogP contribution in [0.15, 0.2) is 0 Å². The number of carbonyl (C=O) groups excluding carboxylic acids is 1. The molecular formula is C17H34N2O2. The van der Waals surface area contributed by atoms with E-state index in [0.29, 0.717) is 12.0 Å². The molecule has 0 aliphatic carbocycles. The van der Waals surface area contributed by atoms with Crippen molar-refractivity contribution in [2.75, 3.05) is 26.7 Å². The highest BCUT2D eigenvalue weighted by molar-refractivity contribution is 5.80. The lowest BCUT2D eigenvalue weighted by Crippen LogP contribution is -2.60. The van der Waals surface area contributed by atoms with Gasteiger partial charge in [0.2, 0.25) is 0 Å². The Bertz CT molecular complexity index is 341. The van der Waals surface area contributed by atoms with Crippen molar-refractivity contribution in [1.82, 2.24) is 10.2 Å². The van der Waals surface area contributed by atoms with Crippen molar-refractivity contribution in [2.45, 2.75) is 66.0 Å². The molecule has 1 atom stereocenters. The van der Waals surface area contributed by atoms with E-state index in [2.05, 4.69) is 44.8 Å². The second-order valence-electron chi connectivity index (χ2n) is 8.04. The summed E-state index contributed by atoms with van der Waals surface area (Å²) < 4.78 is 5.01. The number of hydrogen-bond acceptors (Lipinski definition) is 4. The summed E-state index contributed by atoms with van der Waals surface area (Å²) in [4.78, 5) is 14.6. The van der Waals surface area contributed by atoms with Crippen LogP contribution in [-0.2, 0) is 9.53 Å². The molecule has 0 radical (unpaired) electrons. The molecule has 1 rings (SSSR count). The second-order valence-corrected chi connectivity index (χ2v) is 8.04. The molecule has 0 spiro atoms. The van der Waals surface area contributed by atoms with Crippen LogP contribution in [-0.4, -0.2) is 49.2 Å². The van der Waals surface area contributed by atoms with Gasteiger partial charge in [-0.05, 0) is 58.0 Å². The number of ether oxygens (including phenoxy) is 1. The molecular weight excluding hydrogens is 264 g/mol. The van der Waals surface area contributed by atoms with Crippen molar-refractivity contribution in [3.8, 4) is 0 Å². The first-order chi connectivity index (χ1) is 9.58. The highest BCUT2D eigenvalue weighted by Crippen LogP contribution is 2.34. The Morgan fingerprint density at radius 2 is 1.76 bits per heavy atom. The molecule has 21 heavy (non-hydrogen) atoms. The van der Waals surface area contributed by atoms with Gasteiger partial charge in [0.05, 0.1) is 7.11 Å². The van der Waals surface area contributed by atoms with Crippen molar-refractivity contribution >= 4 is 5.97 Å². The average molecular weight is 298 g/mol. The van der Waals surface area contributed by atoms with E-state index >= 15 is 0 Å². The predicted molar refractivity (Wildman–Crippen MR) is 87.3 cm³/mol. The first kappa shape index (κ1) is 18.4. The normalized spacial score (nSPS) is 21.3. The molecule has 1 saturated heterocycles. The maximum absolute atomic E-state index is 12.2. The van der Waals surface area contributed by atoms with Crippen LogP contribution >= 0.6 is 0 Å². The summed E-state index contributed by atoms with van der Waals surface area (Å²) in [5.41, 5.74) is -0.245. The lowest BCUT2D eigenvalue weighted by atomic mass is 9.75. The number of piperidine rings is 1. The molecule has 1 aliphatic rings. The zero-order valence-electron chi connectivity index (χ0n) is 15.0. The molecule has 124 valence electrons. The van der Waals surface area contributed by atoms with Gasteiger partial charge in [-0.2, -0.15) is 0 Å². The minimum atomic E-state index is -0.627. The van der Waals surface area contributed by atoms with E-state index < -0.39 is 5.54 Å². The molecule has 1 fully saturated rings. The maximum Gasteiger partial charge on any atom is 0.327 e. The van der Waals surface area contributed by atoms with E-state index in [1.165, 1.54) is 20.0 Å². The van der Waals surface area contributed by atoms with Gasteiger partial charge in [0, 0.05) is 12.6 Å². The fourth-order valence-corrected chi connectivity index (χ4v) is 3.44. The first-order valence-corrected chi connectivity index (χ1v) is 8.17.